The van der Waals surface area contributed by atoms with Gasteiger partial charge < -0.3 is 5.32 Å². The molecular formula is C19H16ClNOS. The molecule has 2 aromatic carbocycles. The summed E-state index contributed by atoms with van der Waals surface area (Å²) in [6.45, 7) is 4.01. The van der Waals surface area contributed by atoms with E-state index in [2.05, 4.69) is 5.32 Å². The number of aryl methyl sites for hydroxylation is 2. The molecule has 0 saturated heterocycles. The Labute approximate surface area is 144 Å². The van der Waals surface area contributed by atoms with E-state index in [4.69, 9.17) is 11.6 Å². The maximum Gasteiger partial charge on any atom is 0.266 e. The minimum Gasteiger partial charge on any atom is -0.320 e. The molecule has 23 heavy (non-hydrogen) atoms. The Morgan fingerprint density at radius 2 is 1.70 bits per heavy atom. The van der Waals surface area contributed by atoms with Gasteiger partial charge in [0.1, 0.15) is 0 Å². The Morgan fingerprint density at radius 1 is 1.00 bits per heavy atom. The number of rotatable bonds is 3. The number of benzene rings is 2. The fourth-order valence-corrected chi connectivity index (χ4v) is 3.44. The van der Waals surface area contributed by atoms with Gasteiger partial charge in [-0.2, -0.15) is 0 Å². The van der Waals surface area contributed by atoms with E-state index in [1.54, 1.807) is 0 Å². The third kappa shape index (κ3) is 3.46. The molecule has 2 nitrogen and oxygen atoms in total. The van der Waals surface area contributed by atoms with E-state index in [0.717, 1.165) is 16.7 Å². The average molecular weight is 342 g/mol. The summed E-state index contributed by atoms with van der Waals surface area (Å²) >= 11 is 7.63. The molecule has 0 aliphatic carbocycles. The van der Waals surface area contributed by atoms with Crippen LogP contribution in [0.1, 0.15) is 20.8 Å². The van der Waals surface area contributed by atoms with Gasteiger partial charge in [-0.3, -0.25) is 4.79 Å². The Balaban J connectivity index is 1.89. The summed E-state index contributed by atoms with van der Waals surface area (Å²) in [6, 6.07) is 15.7. The summed E-state index contributed by atoms with van der Waals surface area (Å²) in [6.07, 6.45) is 0. The molecule has 0 fully saturated rings. The van der Waals surface area contributed by atoms with Crippen molar-refractivity contribution in [1.82, 2.24) is 0 Å². The third-order valence-corrected chi connectivity index (χ3v) is 4.83. The second-order valence-electron chi connectivity index (χ2n) is 5.47. The number of hydrogen-bond donors (Lipinski definition) is 1. The number of carbonyl (C=O) groups is 1. The second kappa shape index (κ2) is 6.57. The van der Waals surface area contributed by atoms with Crippen LogP contribution in [0.25, 0.3) is 11.1 Å². The van der Waals surface area contributed by atoms with Gasteiger partial charge in [0.25, 0.3) is 5.91 Å². The molecular weight excluding hydrogens is 326 g/mol. The highest BCUT2D eigenvalue weighted by atomic mass is 35.5. The zero-order valence-corrected chi connectivity index (χ0v) is 14.5. The SMILES string of the molecule is Cc1ccc(-c2ccsc2C(=O)Nc2ccc(C)cc2Cl)cc1. The van der Waals surface area contributed by atoms with Crippen molar-refractivity contribution >= 4 is 34.5 Å². The minimum absolute atomic E-state index is 0.138. The molecule has 116 valence electrons. The number of anilines is 1. The molecule has 1 aromatic heterocycles. The molecule has 4 heteroatoms. The summed E-state index contributed by atoms with van der Waals surface area (Å²) in [5.41, 5.74) is 4.86. The summed E-state index contributed by atoms with van der Waals surface area (Å²) in [5.74, 6) is -0.138. The Morgan fingerprint density at radius 3 is 2.39 bits per heavy atom. The van der Waals surface area contributed by atoms with Crippen molar-refractivity contribution in [3.05, 3.63) is 74.9 Å². The molecule has 3 rings (SSSR count). The van der Waals surface area contributed by atoms with Crippen LogP contribution >= 0.6 is 22.9 Å². The third-order valence-electron chi connectivity index (χ3n) is 3.61. The first-order valence-corrected chi connectivity index (χ1v) is 8.52. The van der Waals surface area contributed by atoms with Crippen molar-refractivity contribution in [3.63, 3.8) is 0 Å². The van der Waals surface area contributed by atoms with E-state index in [0.29, 0.717) is 15.6 Å². The fourth-order valence-electron chi connectivity index (χ4n) is 2.35. The lowest BCUT2D eigenvalue weighted by Crippen LogP contribution is -2.11. The van der Waals surface area contributed by atoms with Gasteiger partial charge in [0.2, 0.25) is 0 Å². The molecule has 0 spiro atoms. The van der Waals surface area contributed by atoms with Crippen LogP contribution in [0.3, 0.4) is 0 Å². The van der Waals surface area contributed by atoms with Crippen LogP contribution < -0.4 is 5.32 Å². The number of halogens is 1. The number of amides is 1. The number of thiophene rings is 1. The van der Waals surface area contributed by atoms with Crippen LogP contribution in [-0.4, -0.2) is 5.91 Å². The molecule has 1 N–H and O–H groups in total. The molecule has 3 aromatic rings. The number of hydrogen-bond acceptors (Lipinski definition) is 2. The Hall–Kier alpha value is -2.10. The topological polar surface area (TPSA) is 29.1 Å². The van der Waals surface area contributed by atoms with Crippen molar-refractivity contribution in [2.75, 3.05) is 5.32 Å². The van der Waals surface area contributed by atoms with E-state index in [1.165, 1.54) is 16.9 Å². The second-order valence-corrected chi connectivity index (χ2v) is 6.79. The molecule has 0 bridgehead atoms. The summed E-state index contributed by atoms with van der Waals surface area (Å²) < 4.78 is 0. The number of carbonyl (C=O) groups excluding carboxylic acids is 1. The van der Waals surface area contributed by atoms with Gasteiger partial charge in [0.15, 0.2) is 0 Å². The maximum atomic E-state index is 12.6. The quantitative estimate of drug-likeness (QED) is 0.627. The van der Waals surface area contributed by atoms with Gasteiger partial charge in [-0.15, -0.1) is 11.3 Å². The molecule has 0 unspecified atom stereocenters. The van der Waals surface area contributed by atoms with Crippen molar-refractivity contribution in [3.8, 4) is 11.1 Å². The molecule has 0 radical (unpaired) electrons. The predicted molar refractivity (Wildman–Crippen MR) is 98.6 cm³/mol. The highest BCUT2D eigenvalue weighted by Crippen LogP contribution is 2.30. The monoisotopic (exact) mass is 341 g/mol. The standard InChI is InChI=1S/C19H16ClNOS/c1-12-3-6-14(7-4-12)15-9-10-23-18(15)19(22)21-17-8-5-13(2)11-16(17)20/h3-11H,1-2H3,(H,21,22). The Kier molecular flexibility index (Phi) is 4.51. The lowest BCUT2D eigenvalue weighted by atomic mass is 10.0. The lowest BCUT2D eigenvalue weighted by Gasteiger charge is -2.09. The summed E-state index contributed by atoms with van der Waals surface area (Å²) in [5, 5.41) is 5.38. The van der Waals surface area contributed by atoms with Crippen molar-refractivity contribution in [2.45, 2.75) is 13.8 Å². The Bertz CT molecular complexity index is 852. The van der Waals surface area contributed by atoms with Gasteiger partial charge >= 0.3 is 0 Å². The first kappa shape index (κ1) is 15.8. The summed E-state index contributed by atoms with van der Waals surface area (Å²) in [4.78, 5) is 13.3. The number of nitrogens with one attached hydrogen (secondary N) is 1. The van der Waals surface area contributed by atoms with Crippen molar-refractivity contribution < 1.29 is 4.79 Å². The van der Waals surface area contributed by atoms with Crippen LogP contribution in [0.2, 0.25) is 5.02 Å². The zero-order valence-electron chi connectivity index (χ0n) is 12.9. The predicted octanol–water partition coefficient (Wildman–Crippen LogP) is 5.94. The average Bonchev–Trinajstić information content (AvgIpc) is 3.00. The molecule has 1 amide bonds. The smallest absolute Gasteiger partial charge is 0.266 e. The minimum atomic E-state index is -0.138. The van der Waals surface area contributed by atoms with Gasteiger partial charge in [0, 0.05) is 5.56 Å². The first-order chi connectivity index (χ1) is 11.0. The zero-order chi connectivity index (χ0) is 16.4. The highest BCUT2D eigenvalue weighted by Gasteiger charge is 2.15. The van der Waals surface area contributed by atoms with Gasteiger partial charge in [-0.1, -0.05) is 47.5 Å². The fraction of sp³-hybridized carbons (Fsp3) is 0.105. The van der Waals surface area contributed by atoms with Gasteiger partial charge in [-0.25, -0.2) is 0 Å². The van der Waals surface area contributed by atoms with E-state index < -0.39 is 0 Å². The largest absolute Gasteiger partial charge is 0.320 e. The van der Waals surface area contributed by atoms with Crippen molar-refractivity contribution in [1.29, 1.82) is 0 Å². The van der Waals surface area contributed by atoms with Crippen LogP contribution in [0.4, 0.5) is 5.69 Å². The van der Waals surface area contributed by atoms with E-state index >= 15 is 0 Å². The molecule has 0 saturated carbocycles. The van der Waals surface area contributed by atoms with Crippen LogP contribution in [0.15, 0.2) is 53.9 Å². The molecule has 0 aliphatic rings. The summed E-state index contributed by atoms with van der Waals surface area (Å²) in [7, 11) is 0. The highest BCUT2D eigenvalue weighted by molar-refractivity contribution is 7.12. The molecule has 0 atom stereocenters. The van der Waals surface area contributed by atoms with E-state index in [-0.39, 0.29) is 5.91 Å². The lowest BCUT2D eigenvalue weighted by molar-refractivity contribution is 0.103. The van der Waals surface area contributed by atoms with E-state index in [9.17, 15) is 4.79 Å². The van der Waals surface area contributed by atoms with Crippen LogP contribution in [0.5, 0.6) is 0 Å². The van der Waals surface area contributed by atoms with Crippen molar-refractivity contribution in [2.24, 2.45) is 0 Å². The van der Waals surface area contributed by atoms with Crippen LogP contribution in [-0.2, 0) is 0 Å². The van der Waals surface area contributed by atoms with Crippen LogP contribution in [0, 0.1) is 13.8 Å². The molecule has 1 heterocycles. The van der Waals surface area contributed by atoms with Gasteiger partial charge in [-0.05, 0) is 48.6 Å². The van der Waals surface area contributed by atoms with Gasteiger partial charge in [0.05, 0.1) is 15.6 Å². The normalized spacial score (nSPS) is 10.6. The molecule has 0 aliphatic heterocycles. The first-order valence-electron chi connectivity index (χ1n) is 7.26. The van der Waals surface area contributed by atoms with E-state index in [1.807, 2.05) is 67.8 Å². The maximum absolute atomic E-state index is 12.6.